The predicted octanol–water partition coefficient (Wildman–Crippen LogP) is 2.55. The van der Waals surface area contributed by atoms with Crippen molar-refractivity contribution in [2.75, 3.05) is 13.1 Å². The van der Waals surface area contributed by atoms with Gasteiger partial charge in [0.2, 0.25) is 5.91 Å². The van der Waals surface area contributed by atoms with E-state index >= 15 is 0 Å². The van der Waals surface area contributed by atoms with Crippen LogP contribution in [-0.4, -0.2) is 41.6 Å². The minimum absolute atomic E-state index is 0.0158. The molecule has 1 aliphatic rings. The van der Waals surface area contributed by atoms with Gasteiger partial charge in [-0.1, -0.05) is 13.8 Å². The zero-order chi connectivity index (χ0) is 15.3. The quantitative estimate of drug-likeness (QED) is 0.863. The monoisotopic (exact) mass is 284 g/mol. The molecule has 20 heavy (non-hydrogen) atoms. The molecule has 0 aromatic carbocycles. The molecule has 0 bridgehead atoms. The van der Waals surface area contributed by atoms with Crippen LogP contribution < -0.4 is 5.32 Å². The van der Waals surface area contributed by atoms with E-state index in [1.165, 1.54) is 0 Å². The van der Waals surface area contributed by atoms with Crippen molar-refractivity contribution in [3.63, 3.8) is 0 Å². The highest BCUT2D eigenvalue weighted by Gasteiger charge is 2.29. The molecule has 2 amide bonds. The van der Waals surface area contributed by atoms with E-state index in [1.54, 1.807) is 0 Å². The van der Waals surface area contributed by atoms with E-state index in [0.717, 1.165) is 25.9 Å². The molecular weight excluding hydrogens is 256 g/mol. The van der Waals surface area contributed by atoms with Crippen molar-refractivity contribution in [1.82, 2.24) is 10.2 Å². The zero-order valence-electron chi connectivity index (χ0n) is 13.4. The molecule has 116 valence electrons. The van der Waals surface area contributed by atoms with E-state index in [4.69, 9.17) is 4.74 Å². The first-order chi connectivity index (χ1) is 9.19. The standard InChI is InChI=1S/C15H28N2O3/c1-11(2)10-12(13(18)17-8-6-7-9-17)16-14(19)20-15(3,4)5/h11-12H,6-10H2,1-5H3,(H,16,19). The Balaban J connectivity index is 2.63. The van der Waals surface area contributed by atoms with Crippen molar-refractivity contribution in [3.05, 3.63) is 0 Å². The minimum atomic E-state index is -0.552. The average Bonchev–Trinajstić information content (AvgIpc) is 2.76. The molecular formula is C15H28N2O3. The molecule has 0 radical (unpaired) electrons. The highest BCUT2D eigenvalue weighted by Crippen LogP contribution is 2.14. The molecule has 1 unspecified atom stereocenters. The van der Waals surface area contributed by atoms with Crippen LogP contribution in [0.25, 0.3) is 0 Å². The third kappa shape index (κ3) is 5.80. The van der Waals surface area contributed by atoms with Crippen LogP contribution in [0.1, 0.15) is 53.9 Å². The van der Waals surface area contributed by atoms with Crippen LogP contribution in [0.15, 0.2) is 0 Å². The topological polar surface area (TPSA) is 58.6 Å². The summed E-state index contributed by atoms with van der Waals surface area (Å²) in [5.74, 6) is 0.351. The first-order valence-electron chi connectivity index (χ1n) is 7.47. The summed E-state index contributed by atoms with van der Waals surface area (Å²) in [6.45, 7) is 11.1. The van der Waals surface area contributed by atoms with Crippen LogP contribution in [0.5, 0.6) is 0 Å². The largest absolute Gasteiger partial charge is 0.444 e. The first kappa shape index (κ1) is 16.8. The van der Waals surface area contributed by atoms with Crippen LogP contribution in [0.3, 0.4) is 0 Å². The number of alkyl carbamates (subject to hydrolysis) is 1. The second kappa shape index (κ2) is 6.95. The number of amides is 2. The number of hydrogen-bond acceptors (Lipinski definition) is 3. The van der Waals surface area contributed by atoms with Gasteiger partial charge in [-0.3, -0.25) is 4.79 Å². The molecule has 1 fully saturated rings. The maximum Gasteiger partial charge on any atom is 0.408 e. The lowest BCUT2D eigenvalue weighted by atomic mass is 10.0. The van der Waals surface area contributed by atoms with Crippen LogP contribution in [0.4, 0.5) is 4.79 Å². The minimum Gasteiger partial charge on any atom is -0.444 e. The summed E-state index contributed by atoms with van der Waals surface area (Å²) in [5, 5.41) is 2.73. The highest BCUT2D eigenvalue weighted by atomic mass is 16.6. The molecule has 0 spiro atoms. The van der Waals surface area contributed by atoms with E-state index in [1.807, 2.05) is 39.5 Å². The summed E-state index contributed by atoms with van der Waals surface area (Å²) in [6.07, 6.45) is 2.21. The third-order valence-electron chi connectivity index (χ3n) is 3.11. The maximum atomic E-state index is 12.4. The summed E-state index contributed by atoms with van der Waals surface area (Å²) >= 11 is 0. The Labute approximate surface area is 122 Å². The van der Waals surface area contributed by atoms with Crippen LogP contribution in [0.2, 0.25) is 0 Å². The Kier molecular flexibility index (Phi) is 5.84. The average molecular weight is 284 g/mol. The predicted molar refractivity (Wildman–Crippen MR) is 78.4 cm³/mol. The first-order valence-corrected chi connectivity index (χ1v) is 7.47. The fourth-order valence-electron chi connectivity index (χ4n) is 2.30. The number of likely N-dealkylation sites (tertiary alicyclic amines) is 1. The second-order valence-electron chi connectivity index (χ2n) is 6.86. The molecule has 5 heteroatoms. The number of nitrogens with zero attached hydrogens (tertiary/aromatic N) is 1. The van der Waals surface area contributed by atoms with Crippen molar-refractivity contribution in [3.8, 4) is 0 Å². The summed E-state index contributed by atoms with van der Waals surface area (Å²) in [4.78, 5) is 26.1. The number of carbonyl (C=O) groups excluding carboxylic acids is 2. The fourth-order valence-corrected chi connectivity index (χ4v) is 2.30. The third-order valence-corrected chi connectivity index (χ3v) is 3.11. The van der Waals surface area contributed by atoms with Gasteiger partial charge in [0.05, 0.1) is 0 Å². The lowest BCUT2D eigenvalue weighted by Crippen LogP contribution is -2.49. The van der Waals surface area contributed by atoms with E-state index in [-0.39, 0.29) is 5.91 Å². The molecule has 0 aliphatic carbocycles. The van der Waals surface area contributed by atoms with E-state index in [2.05, 4.69) is 5.32 Å². The fraction of sp³-hybridized carbons (Fsp3) is 0.867. The van der Waals surface area contributed by atoms with Crippen LogP contribution in [-0.2, 0) is 9.53 Å². The molecule has 1 saturated heterocycles. The van der Waals surface area contributed by atoms with E-state index < -0.39 is 17.7 Å². The number of hydrogen-bond donors (Lipinski definition) is 1. The number of nitrogens with one attached hydrogen (secondary N) is 1. The van der Waals surface area contributed by atoms with Crippen LogP contribution in [0, 0.1) is 5.92 Å². The Morgan fingerprint density at radius 3 is 2.20 bits per heavy atom. The Morgan fingerprint density at radius 2 is 1.75 bits per heavy atom. The van der Waals surface area contributed by atoms with Crippen molar-refractivity contribution < 1.29 is 14.3 Å². The van der Waals surface area contributed by atoms with Gasteiger partial charge in [-0.15, -0.1) is 0 Å². The zero-order valence-corrected chi connectivity index (χ0v) is 13.4. The van der Waals surface area contributed by atoms with Gasteiger partial charge in [-0.25, -0.2) is 4.79 Å². The SMILES string of the molecule is CC(C)CC(NC(=O)OC(C)(C)C)C(=O)N1CCCC1. The lowest BCUT2D eigenvalue weighted by Gasteiger charge is -2.27. The van der Waals surface area contributed by atoms with Gasteiger partial charge in [0.1, 0.15) is 11.6 Å². The Morgan fingerprint density at radius 1 is 1.20 bits per heavy atom. The Hall–Kier alpha value is -1.26. The summed E-state index contributed by atoms with van der Waals surface area (Å²) in [5.41, 5.74) is -0.552. The van der Waals surface area contributed by atoms with Gasteiger partial charge in [-0.05, 0) is 46.0 Å². The second-order valence-corrected chi connectivity index (χ2v) is 6.86. The van der Waals surface area contributed by atoms with Gasteiger partial charge in [0.25, 0.3) is 0 Å². The van der Waals surface area contributed by atoms with E-state index in [9.17, 15) is 9.59 Å². The smallest absolute Gasteiger partial charge is 0.408 e. The maximum absolute atomic E-state index is 12.4. The molecule has 0 aromatic rings. The highest BCUT2D eigenvalue weighted by molar-refractivity contribution is 5.85. The molecule has 0 saturated carbocycles. The molecule has 1 aliphatic heterocycles. The lowest BCUT2D eigenvalue weighted by molar-refractivity contribution is -0.132. The van der Waals surface area contributed by atoms with Crippen molar-refractivity contribution >= 4 is 12.0 Å². The van der Waals surface area contributed by atoms with E-state index in [0.29, 0.717) is 12.3 Å². The van der Waals surface area contributed by atoms with Gasteiger partial charge in [-0.2, -0.15) is 0 Å². The molecule has 1 N–H and O–H groups in total. The normalized spacial score (nSPS) is 17.2. The van der Waals surface area contributed by atoms with Crippen molar-refractivity contribution in [2.45, 2.75) is 65.5 Å². The number of ether oxygens (including phenoxy) is 1. The molecule has 1 atom stereocenters. The number of carbonyl (C=O) groups is 2. The van der Waals surface area contributed by atoms with Crippen molar-refractivity contribution in [1.29, 1.82) is 0 Å². The molecule has 5 nitrogen and oxygen atoms in total. The Bertz CT molecular complexity index is 342. The van der Waals surface area contributed by atoms with Gasteiger partial charge >= 0.3 is 6.09 Å². The molecule has 1 heterocycles. The summed E-state index contributed by atoms with van der Waals surface area (Å²) in [6, 6.07) is -0.483. The molecule has 1 rings (SSSR count). The van der Waals surface area contributed by atoms with Crippen LogP contribution >= 0.6 is 0 Å². The van der Waals surface area contributed by atoms with Crippen molar-refractivity contribution in [2.24, 2.45) is 5.92 Å². The summed E-state index contributed by atoms with van der Waals surface area (Å²) < 4.78 is 5.24. The van der Waals surface area contributed by atoms with Gasteiger partial charge in [0.15, 0.2) is 0 Å². The summed E-state index contributed by atoms with van der Waals surface area (Å²) in [7, 11) is 0. The number of rotatable bonds is 4. The van der Waals surface area contributed by atoms with Gasteiger partial charge < -0.3 is 15.0 Å². The molecule has 0 aromatic heterocycles. The van der Waals surface area contributed by atoms with Gasteiger partial charge in [0, 0.05) is 13.1 Å².